The van der Waals surface area contributed by atoms with Gasteiger partial charge in [0.2, 0.25) is 0 Å². The Morgan fingerprint density at radius 3 is 2.32 bits per heavy atom. The van der Waals surface area contributed by atoms with Crippen LogP contribution in [0.5, 0.6) is 0 Å². The molecule has 1 fully saturated rings. The quantitative estimate of drug-likeness (QED) is 0.776. The summed E-state index contributed by atoms with van der Waals surface area (Å²) in [5.41, 5.74) is 2.16. The predicted octanol–water partition coefficient (Wildman–Crippen LogP) is 3.30. The summed E-state index contributed by atoms with van der Waals surface area (Å²) < 4.78 is 4.50. The van der Waals surface area contributed by atoms with Crippen LogP contribution in [-0.2, 0) is 6.42 Å². The van der Waals surface area contributed by atoms with Crippen molar-refractivity contribution in [2.24, 2.45) is 0 Å². The van der Waals surface area contributed by atoms with Crippen LogP contribution in [0, 0.1) is 30.6 Å². The molecule has 1 aliphatic heterocycles. The van der Waals surface area contributed by atoms with Crippen molar-refractivity contribution < 1.29 is 4.79 Å². The molecule has 0 unspecified atom stereocenters. The summed E-state index contributed by atoms with van der Waals surface area (Å²) in [6.07, 6.45) is 2.52. The highest BCUT2D eigenvalue weighted by Gasteiger charge is 2.32. The summed E-state index contributed by atoms with van der Waals surface area (Å²) >= 11 is 1.40. The van der Waals surface area contributed by atoms with Crippen LogP contribution in [0.4, 0.5) is 9.80 Å². The van der Waals surface area contributed by atoms with Crippen LogP contribution in [0.15, 0.2) is 0 Å². The number of nitrogens with zero attached hydrogens (tertiary/aromatic N) is 4. The van der Waals surface area contributed by atoms with E-state index in [0.717, 1.165) is 35.5 Å². The van der Waals surface area contributed by atoms with Gasteiger partial charge in [-0.05, 0) is 24.9 Å². The Labute approximate surface area is 155 Å². The fourth-order valence-corrected chi connectivity index (χ4v) is 3.61. The molecule has 6 heteroatoms. The van der Waals surface area contributed by atoms with E-state index < -0.39 is 0 Å². The van der Waals surface area contributed by atoms with Gasteiger partial charge >= 0.3 is 6.03 Å². The van der Waals surface area contributed by atoms with E-state index in [1.807, 2.05) is 25.7 Å². The number of rotatable bonds is 4. The molecular weight excluding hydrogens is 332 g/mol. The second-order valence-electron chi connectivity index (χ2n) is 5.85. The van der Waals surface area contributed by atoms with Crippen LogP contribution in [-0.4, -0.2) is 46.6 Å². The fraction of sp³-hybridized carbons (Fsp3) is 0.579. The zero-order valence-electron chi connectivity index (χ0n) is 15.6. The van der Waals surface area contributed by atoms with E-state index in [0.29, 0.717) is 26.4 Å². The van der Waals surface area contributed by atoms with Gasteiger partial charge in [0, 0.05) is 18.4 Å². The first-order chi connectivity index (χ1) is 12.1. The lowest BCUT2D eigenvalue weighted by Gasteiger charge is -2.40. The van der Waals surface area contributed by atoms with Gasteiger partial charge in [-0.2, -0.15) is 4.37 Å². The van der Waals surface area contributed by atoms with Crippen LogP contribution in [0.25, 0.3) is 0 Å². The number of anilines is 1. The second-order valence-corrected chi connectivity index (χ2v) is 6.60. The highest BCUT2D eigenvalue weighted by Crippen LogP contribution is 2.30. The van der Waals surface area contributed by atoms with Gasteiger partial charge in [0.15, 0.2) is 0 Å². The largest absolute Gasteiger partial charge is 0.328 e. The van der Waals surface area contributed by atoms with Crippen LogP contribution in [0.2, 0.25) is 0 Å². The van der Waals surface area contributed by atoms with Crippen molar-refractivity contribution in [1.29, 1.82) is 0 Å². The molecule has 0 saturated carbocycles. The minimum Gasteiger partial charge on any atom is -0.300 e. The first-order valence-electron chi connectivity index (χ1n) is 8.77. The number of hydrogen-bond donors (Lipinski definition) is 0. The van der Waals surface area contributed by atoms with Gasteiger partial charge in [-0.1, -0.05) is 32.6 Å². The summed E-state index contributed by atoms with van der Waals surface area (Å²) in [5.74, 6) is 12.4. The maximum Gasteiger partial charge on any atom is 0.328 e. The van der Waals surface area contributed by atoms with Gasteiger partial charge in [-0.3, -0.25) is 9.80 Å². The molecule has 0 aromatic carbocycles. The molecule has 0 bridgehead atoms. The Balaban J connectivity index is 2.25. The van der Waals surface area contributed by atoms with Crippen molar-refractivity contribution in [3.8, 4) is 23.7 Å². The number of hydrogen-bond acceptors (Lipinski definition) is 4. The molecule has 0 aliphatic carbocycles. The van der Waals surface area contributed by atoms with Crippen molar-refractivity contribution in [3.05, 3.63) is 11.3 Å². The molecule has 2 amide bonds. The van der Waals surface area contributed by atoms with E-state index in [9.17, 15) is 4.79 Å². The number of amides is 2. The molecule has 5 nitrogen and oxygen atoms in total. The Bertz CT molecular complexity index is 719. The monoisotopic (exact) mass is 358 g/mol. The SMILES string of the molecule is CCC#CCN1CN(CC#CCC)C(=O)N(c2snc(CC)c2C)C1. The molecule has 2 heterocycles. The lowest BCUT2D eigenvalue weighted by atomic mass is 10.2. The molecule has 0 spiro atoms. The Morgan fingerprint density at radius 1 is 1.04 bits per heavy atom. The van der Waals surface area contributed by atoms with Gasteiger partial charge in [0.25, 0.3) is 0 Å². The van der Waals surface area contributed by atoms with Crippen molar-refractivity contribution in [3.63, 3.8) is 0 Å². The maximum absolute atomic E-state index is 12.9. The number of carbonyl (C=O) groups excluding carboxylic acids is 1. The van der Waals surface area contributed by atoms with E-state index in [2.05, 4.69) is 39.9 Å². The summed E-state index contributed by atoms with van der Waals surface area (Å²) in [5, 5.41) is 0.934. The van der Waals surface area contributed by atoms with Gasteiger partial charge < -0.3 is 4.90 Å². The van der Waals surface area contributed by atoms with Crippen molar-refractivity contribution in [2.45, 2.75) is 47.0 Å². The molecule has 25 heavy (non-hydrogen) atoms. The minimum atomic E-state index is -0.000457. The summed E-state index contributed by atoms with van der Waals surface area (Å²) in [6.45, 7) is 10.4. The predicted molar refractivity (Wildman–Crippen MR) is 103 cm³/mol. The smallest absolute Gasteiger partial charge is 0.300 e. The second kappa shape index (κ2) is 9.46. The fourth-order valence-electron chi connectivity index (χ4n) is 2.66. The number of carbonyl (C=O) groups is 1. The molecule has 1 aromatic rings. The van der Waals surface area contributed by atoms with Gasteiger partial charge in [0.05, 0.1) is 32.1 Å². The highest BCUT2D eigenvalue weighted by molar-refractivity contribution is 7.10. The van der Waals surface area contributed by atoms with Crippen molar-refractivity contribution >= 4 is 22.6 Å². The minimum absolute atomic E-state index is 0.000457. The Morgan fingerprint density at radius 2 is 1.72 bits per heavy atom. The zero-order valence-corrected chi connectivity index (χ0v) is 16.4. The van der Waals surface area contributed by atoms with Crippen LogP contribution < -0.4 is 4.90 Å². The first-order valence-corrected chi connectivity index (χ1v) is 9.55. The summed E-state index contributed by atoms with van der Waals surface area (Å²) in [4.78, 5) is 18.7. The van der Waals surface area contributed by atoms with Gasteiger partial charge in [-0.15, -0.1) is 11.8 Å². The lowest BCUT2D eigenvalue weighted by molar-refractivity contribution is 0.133. The van der Waals surface area contributed by atoms with E-state index in [1.54, 1.807) is 4.90 Å². The van der Waals surface area contributed by atoms with E-state index in [1.165, 1.54) is 11.5 Å². The lowest BCUT2D eigenvalue weighted by Crippen LogP contribution is -2.58. The van der Waals surface area contributed by atoms with Crippen LogP contribution in [0.3, 0.4) is 0 Å². The van der Waals surface area contributed by atoms with E-state index in [4.69, 9.17) is 0 Å². The molecular formula is C19H26N4OS. The topological polar surface area (TPSA) is 39.7 Å². The third-order valence-electron chi connectivity index (χ3n) is 3.97. The third kappa shape index (κ3) is 4.75. The molecule has 2 rings (SSSR count). The van der Waals surface area contributed by atoms with Crippen LogP contribution >= 0.6 is 11.5 Å². The molecule has 1 aromatic heterocycles. The number of aromatic nitrogens is 1. The molecule has 134 valence electrons. The number of aryl methyl sites for hydroxylation is 1. The maximum atomic E-state index is 12.9. The molecule has 1 aliphatic rings. The van der Waals surface area contributed by atoms with Crippen LogP contribution in [0.1, 0.15) is 44.9 Å². The van der Waals surface area contributed by atoms with E-state index in [-0.39, 0.29) is 6.03 Å². The molecule has 0 radical (unpaired) electrons. The van der Waals surface area contributed by atoms with Crippen molar-refractivity contribution in [1.82, 2.24) is 14.2 Å². The molecule has 0 atom stereocenters. The highest BCUT2D eigenvalue weighted by atomic mass is 32.1. The average Bonchev–Trinajstić information content (AvgIpc) is 2.98. The van der Waals surface area contributed by atoms with Crippen molar-refractivity contribution in [2.75, 3.05) is 31.3 Å². The standard InChI is InChI=1S/C19H26N4OS/c1-5-8-10-12-21-14-22(13-11-9-6-2)19(24)23(15-21)18-16(4)17(7-3)20-25-18/h5-7,12-15H2,1-4H3. The number of urea groups is 1. The average molecular weight is 359 g/mol. The van der Waals surface area contributed by atoms with Gasteiger partial charge in [0.1, 0.15) is 5.00 Å². The zero-order chi connectivity index (χ0) is 18.2. The molecule has 1 saturated heterocycles. The normalized spacial score (nSPS) is 14.8. The third-order valence-corrected chi connectivity index (χ3v) is 4.98. The van der Waals surface area contributed by atoms with Gasteiger partial charge in [-0.25, -0.2) is 4.79 Å². The summed E-state index contributed by atoms with van der Waals surface area (Å²) in [7, 11) is 0. The molecule has 0 N–H and O–H groups in total. The Hall–Kier alpha value is -2.02. The summed E-state index contributed by atoms with van der Waals surface area (Å²) in [6, 6.07) is -0.000457. The Kier molecular flexibility index (Phi) is 7.31. The first kappa shape index (κ1) is 19.3. The van der Waals surface area contributed by atoms with E-state index >= 15 is 0 Å².